The highest BCUT2D eigenvalue weighted by Gasteiger charge is 2.37. The molecule has 4 rings (SSSR count). The molecule has 0 atom stereocenters. The lowest BCUT2D eigenvalue weighted by Crippen LogP contribution is -2.45. The Morgan fingerprint density at radius 1 is 1.06 bits per heavy atom. The number of aromatic nitrogens is 1. The standard InChI is InChI=1S/C24H21BrF4N4O2.ClH/c1-35-21-9-8-20(22(25)31-21)33-13-32(18-7-5-16(26)11-14(18)3-2-10-30)19-6-4-15(24(27,28)29)12-17(19)23(33)34;/h4-9,11-12H,2-3,10,13,30H2,1H3;1H. The van der Waals surface area contributed by atoms with Gasteiger partial charge in [-0.2, -0.15) is 13.2 Å². The van der Waals surface area contributed by atoms with Crippen LogP contribution in [0.3, 0.4) is 0 Å². The number of methoxy groups -OCH3 is 1. The molecular formula is C24H22BrClF4N4O2. The first-order chi connectivity index (χ1) is 16.6. The van der Waals surface area contributed by atoms with Crippen molar-refractivity contribution in [2.75, 3.05) is 30.1 Å². The van der Waals surface area contributed by atoms with Gasteiger partial charge in [0.2, 0.25) is 5.88 Å². The molecule has 2 N–H and O–H groups in total. The molecule has 2 aromatic carbocycles. The van der Waals surface area contributed by atoms with Crippen LogP contribution in [0.15, 0.2) is 53.1 Å². The van der Waals surface area contributed by atoms with E-state index in [1.807, 2.05) is 0 Å². The summed E-state index contributed by atoms with van der Waals surface area (Å²) in [4.78, 5) is 20.7. The predicted molar refractivity (Wildman–Crippen MR) is 135 cm³/mol. The summed E-state index contributed by atoms with van der Waals surface area (Å²) >= 11 is 3.32. The third kappa shape index (κ3) is 5.42. The number of pyridine rings is 1. The highest BCUT2D eigenvalue weighted by Crippen LogP contribution is 2.41. The second-order valence-electron chi connectivity index (χ2n) is 7.86. The Kier molecular flexibility index (Phi) is 8.48. The molecule has 1 aromatic heterocycles. The number of alkyl halides is 3. The van der Waals surface area contributed by atoms with Gasteiger partial charge in [0.25, 0.3) is 5.91 Å². The molecule has 0 aliphatic carbocycles. The number of amides is 1. The number of benzene rings is 2. The summed E-state index contributed by atoms with van der Waals surface area (Å²) in [6, 6.07) is 10.4. The number of nitrogens with two attached hydrogens (primary N) is 1. The maximum absolute atomic E-state index is 14.1. The number of carbonyl (C=O) groups excluding carboxylic acids is 1. The van der Waals surface area contributed by atoms with E-state index in [0.29, 0.717) is 42.2 Å². The summed E-state index contributed by atoms with van der Waals surface area (Å²) in [5.41, 5.74) is 6.39. The van der Waals surface area contributed by atoms with Crippen molar-refractivity contribution in [3.8, 4) is 5.88 Å². The van der Waals surface area contributed by atoms with Crippen molar-refractivity contribution in [1.82, 2.24) is 4.98 Å². The van der Waals surface area contributed by atoms with Gasteiger partial charge >= 0.3 is 6.18 Å². The maximum atomic E-state index is 14.1. The minimum Gasteiger partial charge on any atom is -0.481 e. The zero-order valence-corrected chi connectivity index (χ0v) is 21.4. The minimum atomic E-state index is -4.63. The molecular weight excluding hydrogens is 568 g/mol. The van der Waals surface area contributed by atoms with Gasteiger partial charge in [0, 0.05) is 11.8 Å². The van der Waals surface area contributed by atoms with Crippen LogP contribution >= 0.6 is 28.3 Å². The molecule has 0 fully saturated rings. The summed E-state index contributed by atoms with van der Waals surface area (Å²) in [5.74, 6) is -0.773. The average molecular weight is 590 g/mol. The Hall–Kier alpha value is -2.89. The number of aryl methyl sites for hydroxylation is 1. The smallest absolute Gasteiger partial charge is 0.416 e. The van der Waals surface area contributed by atoms with E-state index in [1.165, 1.54) is 30.2 Å². The van der Waals surface area contributed by atoms with Crippen molar-refractivity contribution in [2.45, 2.75) is 19.0 Å². The van der Waals surface area contributed by atoms with Gasteiger partial charge < -0.3 is 15.4 Å². The zero-order chi connectivity index (χ0) is 25.3. The van der Waals surface area contributed by atoms with Crippen molar-refractivity contribution < 1.29 is 27.1 Å². The Morgan fingerprint density at radius 3 is 2.39 bits per heavy atom. The molecule has 0 radical (unpaired) electrons. The summed E-state index contributed by atoms with van der Waals surface area (Å²) in [5, 5.41) is 0. The molecule has 0 bridgehead atoms. The van der Waals surface area contributed by atoms with Gasteiger partial charge in [-0.3, -0.25) is 9.69 Å². The third-order valence-corrected chi connectivity index (χ3v) is 6.24. The van der Waals surface area contributed by atoms with Crippen LogP contribution in [0.1, 0.15) is 27.9 Å². The van der Waals surface area contributed by atoms with Crippen LogP contribution in [0.4, 0.5) is 34.6 Å². The molecule has 1 amide bonds. The van der Waals surface area contributed by atoms with E-state index in [-0.39, 0.29) is 34.9 Å². The first-order valence-electron chi connectivity index (χ1n) is 10.6. The Labute approximate surface area is 219 Å². The van der Waals surface area contributed by atoms with E-state index < -0.39 is 23.5 Å². The van der Waals surface area contributed by atoms with Crippen LogP contribution < -0.4 is 20.3 Å². The topological polar surface area (TPSA) is 71.7 Å². The number of halogens is 6. The fraction of sp³-hybridized carbons (Fsp3) is 0.250. The fourth-order valence-electron chi connectivity index (χ4n) is 3.97. The van der Waals surface area contributed by atoms with E-state index in [1.54, 1.807) is 23.1 Å². The number of rotatable bonds is 6. The number of anilines is 3. The number of nitrogens with zero attached hydrogens (tertiary/aromatic N) is 3. The molecule has 192 valence electrons. The minimum absolute atomic E-state index is 0. The van der Waals surface area contributed by atoms with E-state index >= 15 is 0 Å². The quantitative estimate of drug-likeness (QED) is 0.279. The lowest BCUT2D eigenvalue weighted by Gasteiger charge is -2.39. The van der Waals surface area contributed by atoms with Crippen LogP contribution in [-0.2, 0) is 12.6 Å². The van der Waals surface area contributed by atoms with Crippen LogP contribution in [0.5, 0.6) is 5.88 Å². The van der Waals surface area contributed by atoms with Crippen molar-refractivity contribution in [2.24, 2.45) is 5.73 Å². The highest BCUT2D eigenvalue weighted by molar-refractivity contribution is 9.10. The molecule has 6 nitrogen and oxygen atoms in total. The monoisotopic (exact) mass is 588 g/mol. The molecule has 1 aliphatic heterocycles. The molecule has 0 saturated carbocycles. The van der Waals surface area contributed by atoms with Crippen molar-refractivity contribution in [3.05, 3.63) is 75.6 Å². The first kappa shape index (κ1) is 27.7. The molecule has 0 saturated heterocycles. The van der Waals surface area contributed by atoms with Crippen LogP contribution in [0.25, 0.3) is 0 Å². The van der Waals surface area contributed by atoms with E-state index in [9.17, 15) is 22.4 Å². The summed E-state index contributed by atoms with van der Waals surface area (Å²) < 4.78 is 60.0. The maximum Gasteiger partial charge on any atom is 0.416 e. The molecule has 12 heteroatoms. The number of hydrogen-bond acceptors (Lipinski definition) is 5. The SMILES string of the molecule is COc1ccc(N2CN(c3ccc(F)cc3CCCN)c3ccc(C(F)(F)F)cc3C2=O)c(Br)n1.Cl. The van der Waals surface area contributed by atoms with Gasteiger partial charge in [0.15, 0.2) is 0 Å². The van der Waals surface area contributed by atoms with E-state index in [4.69, 9.17) is 10.5 Å². The summed E-state index contributed by atoms with van der Waals surface area (Å²) in [6.45, 7) is 0.349. The van der Waals surface area contributed by atoms with Gasteiger partial charge in [-0.25, -0.2) is 9.37 Å². The molecule has 0 spiro atoms. The lowest BCUT2D eigenvalue weighted by atomic mass is 10.0. The van der Waals surface area contributed by atoms with Gasteiger partial charge in [-0.15, -0.1) is 12.4 Å². The Morgan fingerprint density at radius 2 is 1.75 bits per heavy atom. The molecule has 1 aliphatic rings. The number of hydrogen-bond donors (Lipinski definition) is 1. The second-order valence-corrected chi connectivity index (χ2v) is 8.61. The lowest BCUT2D eigenvalue weighted by molar-refractivity contribution is -0.137. The van der Waals surface area contributed by atoms with Crippen LogP contribution in [-0.4, -0.2) is 31.2 Å². The van der Waals surface area contributed by atoms with Crippen LogP contribution in [0, 0.1) is 5.82 Å². The molecule has 2 heterocycles. The normalized spacial score (nSPS) is 13.4. The zero-order valence-electron chi connectivity index (χ0n) is 19.0. The number of fused-ring (bicyclic) bond motifs is 1. The Balaban J connectivity index is 0.00000361. The van der Waals surface area contributed by atoms with Gasteiger partial charge in [0.05, 0.1) is 29.6 Å². The van der Waals surface area contributed by atoms with Crippen LogP contribution in [0.2, 0.25) is 0 Å². The fourth-order valence-corrected chi connectivity index (χ4v) is 4.49. The van der Waals surface area contributed by atoms with E-state index in [2.05, 4.69) is 20.9 Å². The summed E-state index contributed by atoms with van der Waals surface area (Å²) in [7, 11) is 1.44. The van der Waals surface area contributed by atoms with Crippen molar-refractivity contribution >= 4 is 51.3 Å². The van der Waals surface area contributed by atoms with Crippen molar-refractivity contribution in [3.63, 3.8) is 0 Å². The molecule has 36 heavy (non-hydrogen) atoms. The second kappa shape index (κ2) is 11.0. The Bertz CT molecular complexity index is 1280. The van der Waals surface area contributed by atoms with Gasteiger partial charge in [0.1, 0.15) is 17.1 Å². The van der Waals surface area contributed by atoms with E-state index in [0.717, 1.165) is 12.1 Å². The third-order valence-electron chi connectivity index (χ3n) is 5.66. The molecule has 3 aromatic rings. The highest BCUT2D eigenvalue weighted by atomic mass is 79.9. The predicted octanol–water partition coefficient (Wildman–Crippen LogP) is 6.08. The first-order valence-corrected chi connectivity index (χ1v) is 11.4. The average Bonchev–Trinajstić information content (AvgIpc) is 2.83. The molecule has 0 unspecified atom stereocenters. The largest absolute Gasteiger partial charge is 0.481 e. The summed E-state index contributed by atoms with van der Waals surface area (Å²) in [6.07, 6.45) is -3.59. The number of carbonyl (C=O) groups is 1. The van der Waals surface area contributed by atoms with Crippen molar-refractivity contribution in [1.29, 1.82) is 0 Å². The number of ether oxygens (including phenoxy) is 1. The van der Waals surface area contributed by atoms with Gasteiger partial charge in [-0.1, -0.05) is 0 Å². The van der Waals surface area contributed by atoms with Gasteiger partial charge in [-0.05, 0) is 83.3 Å².